The van der Waals surface area contributed by atoms with Crippen LogP contribution in [0.25, 0.3) is 0 Å². The van der Waals surface area contributed by atoms with E-state index in [1.165, 1.54) is 11.3 Å². The van der Waals surface area contributed by atoms with E-state index in [-0.39, 0.29) is 11.7 Å². The highest BCUT2D eigenvalue weighted by molar-refractivity contribution is 7.91. The molecule has 1 atom stereocenters. The summed E-state index contributed by atoms with van der Waals surface area (Å²) < 4.78 is 22.5. The van der Waals surface area contributed by atoms with Crippen molar-refractivity contribution in [3.05, 3.63) is 16.1 Å². The van der Waals surface area contributed by atoms with Crippen molar-refractivity contribution >= 4 is 21.2 Å². The molecule has 0 spiro atoms. The van der Waals surface area contributed by atoms with Gasteiger partial charge in [0.05, 0.1) is 17.2 Å². The predicted molar refractivity (Wildman–Crippen MR) is 56.0 cm³/mol. The molecule has 14 heavy (non-hydrogen) atoms. The van der Waals surface area contributed by atoms with Crippen LogP contribution in [0.1, 0.15) is 23.0 Å². The Morgan fingerprint density at radius 2 is 2.43 bits per heavy atom. The molecule has 0 aliphatic carbocycles. The van der Waals surface area contributed by atoms with Gasteiger partial charge in [0.15, 0.2) is 9.84 Å². The molecular formula is C8H12N2O2S2. The van der Waals surface area contributed by atoms with Gasteiger partial charge in [-0.05, 0) is 6.42 Å². The van der Waals surface area contributed by atoms with Crippen molar-refractivity contribution in [3.8, 4) is 0 Å². The van der Waals surface area contributed by atoms with Crippen molar-refractivity contribution in [2.75, 3.05) is 11.5 Å². The minimum absolute atomic E-state index is 0.0940. The second-order valence-electron chi connectivity index (χ2n) is 3.47. The van der Waals surface area contributed by atoms with Crippen molar-refractivity contribution < 1.29 is 8.42 Å². The Kier molecular flexibility index (Phi) is 2.59. The molecule has 6 heteroatoms. The maximum atomic E-state index is 11.2. The minimum Gasteiger partial charge on any atom is -0.325 e. The van der Waals surface area contributed by atoms with Crippen LogP contribution in [-0.2, 0) is 16.4 Å². The van der Waals surface area contributed by atoms with E-state index < -0.39 is 9.84 Å². The molecule has 1 aliphatic rings. The van der Waals surface area contributed by atoms with E-state index in [2.05, 4.69) is 4.98 Å². The van der Waals surface area contributed by atoms with E-state index in [4.69, 9.17) is 5.73 Å². The number of nitrogens with zero attached hydrogens (tertiary/aromatic N) is 1. The molecule has 0 bridgehead atoms. The summed E-state index contributed by atoms with van der Waals surface area (Å²) in [7, 11) is -2.81. The molecule has 1 saturated heterocycles. The molecule has 1 aliphatic heterocycles. The molecule has 1 fully saturated rings. The van der Waals surface area contributed by atoms with Gasteiger partial charge in [0.25, 0.3) is 0 Å². The van der Waals surface area contributed by atoms with Crippen LogP contribution in [0.3, 0.4) is 0 Å². The Hall–Kier alpha value is -0.460. The fraction of sp³-hybridized carbons (Fsp3) is 0.625. The van der Waals surface area contributed by atoms with Gasteiger partial charge in [0, 0.05) is 17.8 Å². The fourth-order valence-corrected chi connectivity index (χ4v) is 4.15. The van der Waals surface area contributed by atoms with E-state index in [9.17, 15) is 8.42 Å². The molecule has 2 heterocycles. The molecule has 0 radical (unpaired) electrons. The highest BCUT2D eigenvalue weighted by Crippen LogP contribution is 2.29. The summed E-state index contributed by atoms with van der Waals surface area (Å²) in [6.45, 7) is 0.435. The van der Waals surface area contributed by atoms with Gasteiger partial charge in [-0.1, -0.05) is 0 Å². The highest BCUT2D eigenvalue weighted by atomic mass is 32.2. The number of nitrogens with two attached hydrogens (primary N) is 1. The van der Waals surface area contributed by atoms with Gasteiger partial charge in [-0.3, -0.25) is 0 Å². The van der Waals surface area contributed by atoms with Crippen LogP contribution in [0.5, 0.6) is 0 Å². The Morgan fingerprint density at radius 1 is 1.64 bits per heavy atom. The number of hydrogen-bond acceptors (Lipinski definition) is 5. The Bertz CT molecular complexity index is 424. The van der Waals surface area contributed by atoms with E-state index in [1.807, 2.05) is 5.38 Å². The van der Waals surface area contributed by atoms with Gasteiger partial charge in [-0.15, -0.1) is 11.3 Å². The first-order valence-corrected chi connectivity index (χ1v) is 7.15. The molecule has 1 aromatic heterocycles. The van der Waals surface area contributed by atoms with Crippen LogP contribution in [0.2, 0.25) is 0 Å². The third kappa shape index (κ3) is 1.97. The Balaban J connectivity index is 2.17. The first-order chi connectivity index (χ1) is 6.61. The average Bonchev–Trinajstić information content (AvgIpc) is 2.70. The zero-order valence-corrected chi connectivity index (χ0v) is 9.27. The van der Waals surface area contributed by atoms with Crippen LogP contribution >= 0.6 is 11.3 Å². The topological polar surface area (TPSA) is 73.0 Å². The number of thiazole rings is 1. The average molecular weight is 232 g/mol. The van der Waals surface area contributed by atoms with Crippen LogP contribution in [-0.4, -0.2) is 24.9 Å². The van der Waals surface area contributed by atoms with Crippen molar-refractivity contribution in [2.45, 2.75) is 18.9 Å². The molecule has 1 aromatic rings. The lowest BCUT2D eigenvalue weighted by molar-refractivity contribution is 0.601. The monoisotopic (exact) mass is 232 g/mol. The van der Waals surface area contributed by atoms with E-state index in [0.717, 1.165) is 10.7 Å². The van der Waals surface area contributed by atoms with E-state index in [1.54, 1.807) is 0 Å². The smallest absolute Gasteiger partial charge is 0.151 e. The molecular weight excluding hydrogens is 220 g/mol. The third-order valence-corrected chi connectivity index (χ3v) is 5.05. The zero-order chi connectivity index (χ0) is 10.2. The van der Waals surface area contributed by atoms with Crippen molar-refractivity contribution in [1.82, 2.24) is 4.98 Å². The number of rotatable bonds is 2. The van der Waals surface area contributed by atoms with Gasteiger partial charge >= 0.3 is 0 Å². The van der Waals surface area contributed by atoms with Crippen molar-refractivity contribution in [2.24, 2.45) is 5.73 Å². The number of aromatic nitrogens is 1. The number of hydrogen-bond donors (Lipinski definition) is 1. The minimum atomic E-state index is -2.81. The van der Waals surface area contributed by atoms with Gasteiger partial charge in [0.2, 0.25) is 0 Å². The summed E-state index contributed by atoms with van der Waals surface area (Å²) in [6.07, 6.45) is 0.704. The third-order valence-electron chi connectivity index (χ3n) is 2.39. The molecule has 0 saturated carbocycles. The molecule has 0 aromatic carbocycles. The van der Waals surface area contributed by atoms with Crippen LogP contribution < -0.4 is 5.73 Å². The quantitative estimate of drug-likeness (QED) is 0.806. The molecule has 2 rings (SSSR count). The lowest BCUT2D eigenvalue weighted by Crippen LogP contribution is -2.04. The van der Waals surface area contributed by atoms with Gasteiger partial charge in [-0.25, -0.2) is 13.4 Å². The maximum absolute atomic E-state index is 11.2. The fourth-order valence-electron chi connectivity index (χ4n) is 1.63. The summed E-state index contributed by atoms with van der Waals surface area (Å²) in [5, 5.41) is 2.80. The van der Waals surface area contributed by atoms with Gasteiger partial charge in [0.1, 0.15) is 5.01 Å². The van der Waals surface area contributed by atoms with Gasteiger partial charge in [-0.2, -0.15) is 0 Å². The lowest BCUT2D eigenvalue weighted by atomic mass is 10.1. The van der Waals surface area contributed by atoms with Gasteiger partial charge < -0.3 is 5.73 Å². The lowest BCUT2D eigenvalue weighted by Gasteiger charge is -2.01. The first kappa shape index (κ1) is 10.1. The summed E-state index contributed by atoms with van der Waals surface area (Å²) in [5.74, 6) is 0.644. The van der Waals surface area contributed by atoms with Crippen LogP contribution in [0, 0.1) is 0 Å². The van der Waals surface area contributed by atoms with Crippen LogP contribution in [0.15, 0.2) is 5.38 Å². The zero-order valence-electron chi connectivity index (χ0n) is 7.64. The van der Waals surface area contributed by atoms with Crippen molar-refractivity contribution in [1.29, 1.82) is 0 Å². The van der Waals surface area contributed by atoms with Crippen molar-refractivity contribution in [3.63, 3.8) is 0 Å². The maximum Gasteiger partial charge on any atom is 0.151 e. The molecule has 4 nitrogen and oxygen atoms in total. The Labute approximate surface area is 87.1 Å². The summed E-state index contributed by atoms with van der Waals surface area (Å²) in [5.41, 5.74) is 6.34. The summed E-state index contributed by atoms with van der Waals surface area (Å²) in [6, 6.07) is 0. The summed E-state index contributed by atoms with van der Waals surface area (Å²) >= 11 is 1.51. The standard InChI is InChI=1S/C8H12N2O2S2/c9-3-8-10-7(4-13-8)6-1-2-14(11,12)5-6/h4,6H,1-3,5,9H2. The predicted octanol–water partition coefficient (Wildman–Crippen LogP) is 0.504. The summed E-state index contributed by atoms with van der Waals surface area (Å²) in [4.78, 5) is 4.31. The molecule has 2 N–H and O–H groups in total. The van der Waals surface area contributed by atoms with E-state index in [0.29, 0.717) is 18.7 Å². The molecule has 1 unspecified atom stereocenters. The normalized spacial score (nSPS) is 25.4. The second kappa shape index (κ2) is 3.60. The SMILES string of the molecule is NCc1nc(C2CCS(=O)(=O)C2)cs1. The highest BCUT2D eigenvalue weighted by Gasteiger charge is 2.30. The van der Waals surface area contributed by atoms with E-state index >= 15 is 0 Å². The largest absolute Gasteiger partial charge is 0.325 e. The molecule has 78 valence electrons. The Morgan fingerprint density at radius 3 is 2.93 bits per heavy atom. The first-order valence-electron chi connectivity index (χ1n) is 4.45. The van der Waals surface area contributed by atoms with Crippen LogP contribution in [0.4, 0.5) is 0 Å². The number of sulfone groups is 1. The second-order valence-corrected chi connectivity index (χ2v) is 6.64. The molecule has 0 amide bonds.